The van der Waals surface area contributed by atoms with Crippen LogP contribution in [0, 0.1) is 6.92 Å². The molecule has 0 radical (unpaired) electrons. The smallest absolute Gasteiger partial charge is 0.278 e. The van der Waals surface area contributed by atoms with Crippen molar-refractivity contribution < 1.29 is 0 Å². The molecule has 0 bridgehead atoms. The van der Waals surface area contributed by atoms with E-state index in [9.17, 15) is 4.79 Å². The van der Waals surface area contributed by atoms with Gasteiger partial charge in [-0.05, 0) is 13.3 Å². The van der Waals surface area contributed by atoms with Crippen molar-refractivity contribution in [3.05, 3.63) is 21.6 Å². The van der Waals surface area contributed by atoms with Gasteiger partial charge in [0.15, 0.2) is 0 Å². The van der Waals surface area contributed by atoms with Gasteiger partial charge < -0.3 is 5.73 Å². The Labute approximate surface area is 84.2 Å². The van der Waals surface area contributed by atoms with E-state index >= 15 is 0 Å². The molecule has 2 aromatic heterocycles. The largest absolute Gasteiger partial charge is 0.374 e. The van der Waals surface area contributed by atoms with Gasteiger partial charge in [0.2, 0.25) is 10.1 Å². The maximum absolute atomic E-state index is 11.8. The Hall–Kier alpha value is -1.43. The van der Waals surface area contributed by atoms with Gasteiger partial charge in [-0.25, -0.2) is 4.98 Å². The second kappa shape index (κ2) is 3.06. The van der Waals surface area contributed by atoms with Gasteiger partial charge in [-0.2, -0.15) is 4.52 Å². The molecular formula is C8H10N4OS. The molecule has 2 aromatic rings. The van der Waals surface area contributed by atoms with E-state index in [1.54, 1.807) is 0 Å². The average Bonchev–Trinajstić information content (AvgIpc) is 2.47. The molecule has 74 valence electrons. The third-order valence-corrected chi connectivity index (χ3v) is 2.82. The number of fused-ring (bicyclic) bond motifs is 1. The quantitative estimate of drug-likeness (QED) is 0.748. The van der Waals surface area contributed by atoms with Crippen molar-refractivity contribution in [1.29, 1.82) is 0 Å². The first kappa shape index (κ1) is 9.14. The van der Waals surface area contributed by atoms with E-state index in [1.807, 2.05) is 13.8 Å². The van der Waals surface area contributed by atoms with Crippen molar-refractivity contribution in [3.63, 3.8) is 0 Å². The molecule has 0 atom stereocenters. The number of nitrogen functional groups attached to an aromatic ring is 1. The summed E-state index contributed by atoms with van der Waals surface area (Å²) in [5.74, 6) is 0. The molecule has 6 heteroatoms. The Morgan fingerprint density at radius 3 is 2.93 bits per heavy atom. The molecule has 0 saturated carbocycles. The van der Waals surface area contributed by atoms with E-state index in [-0.39, 0.29) is 5.56 Å². The second-order valence-electron chi connectivity index (χ2n) is 2.97. The molecule has 0 aliphatic carbocycles. The van der Waals surface area contributed by atoms with Gasteiger partial charge in [-0.1, -0.05) is 18.3 Å². The lowest BCUT2D eigenvalue weighted by atomic mass is 10.2. The molecule has 0 unspecified atom stereocenters. The predicted molar refractivity (Wildman–Crippen MR) is 55.7 cm³/mol. The minimum Gasteiger partial charge on any atom is -0.374 e. The molecule has 2 heterocycles. The summed E-state index contributed by atoms with van der Waals surface area (Å²) in [6.07, 6.45) is 0.665. The molecule has 2 N–H and O–H groups in total. The zero-order valence-electron chi connectivity index (χ0n) is 7.94. The number of hydrogen-bond donors (Lipinski definition) is 1. The Bertz CT molecular complexity index is 542. The number of nitrogens with zero attached hydrogens (tertiary/aromatic N) is 3. The van der Waals surface area contributed by atoms with Gasteiger partial charge in [0.1, 0.15) is 0 Å². The van der Waals surface area contributed by atoms with Gasteiger partial charge in [-0.15, -0.1) is 5.10 Å². The van der Waals surface area contributed by atoms with Gasteiger partial charge in [0, 0.05) is 11.3 Å². The maximum Gasteiger partial charge on any atom is 0.278 e. The fourth-order valence-corrected chi connectivity index (χ4v) is 2.10. The monoisotopic (exact) mass is 210 g/mol. The lowest BCUT2D eigenvalue weighted by Gasteiger charge is -1.99. The van der Waals surface area contributed by atoms with Crippen molar-refractivity contribution in [2.75, 3.05) is 5.73 Å². The molecule has 0 aromatic carbocycles. The fourth-order valence-electron chi connectivity index (χ4n) is 1.40. The summed E-state index contributed by atoms with van der Waals surface area (Å²) in [7, 11) is 0. The highest BCUT2D eigenvalue weighted by Crippen LogP contribution is 2.13. The fraction of sp³-hybridized carbons (Fsp3) is 0.375. The van der Waals surface area contributed by atoms with Crippen molar-refractivity contribution in [2.45, 2.75) is 20.3 Å². The van der Waals surface area contributed by atoms with Crippen molar-refractivity contribution in [3.8, 4) is 0 Å². The van der Waals surface area contributed by atoms with Crippen molar-refractivity contribution >= 4 is 21.4 Å². The average molecular weight is 210 g/mol. The molecule has 0 aliphatic heterocycles. The summed E-state index contributed by atoms with van der Waals surface area (Å²) in [5.41, 5.74) is 6.87. The molecule has 0 aliphatic rings. The Morgan fingerprint density at radius 1 is 1.57 bits per heavy atom. The summed E-state index contributed by atoms with van der Waals surface area (Å²) in [4.78, 5) is 16.6. The second-order valence-corrected chi connectivity index (χ2v) is 3.96. The van der Waals surface area contributed by atoms with Gasteiger partial charge in [0.05, 0.1) is 0 Å². The van der Waals surface area contributed by atoms with Gasteiger partial charge in [0.25, 0.3) is 5.56 Å². The summed E-state index contributed by atoms with van der Waals surface area (Å²) >= 11 is 1.22. The summed E-state index contributed by atoms with van der Waals surface area (Å²) in [6.45, 7) is 3.75. The number of hydrogen-bond acceptors (Lipinski definition) is 5. The number of nitrogens with two attached hydrogens (primary N) is 1. The van der Waals surface area contributed by atoms with Crippen LogP contribution in [-0.4, -0.2) is 14.6 Å². The molecule has 5 nitrogen and oxygen atoms in total. The molecular weight excluding hydrogens is 200 g/mol. The lowest BCUT2D eigenvalue weighted by Crippen LogP contribution is -2.21. The normalized spacial score (nSPS) is 11.0. The van der Waals surface area contributed by atoms with Gasteiger partial charge >= 0.3 is 0 Å². The van der Waals surface area contributed by atoms with E-state index < -0.39 is 0 Å². The molecule has 0 spiro atoms. The minimum absolute atomic E-state index is 0.108. The summed E-state index contributed by atoms with van der Waals surface area (Å²) in [5, 5.41) is 4.26. The van der Waals surface area contributed by atoms with Crippen LogP contribution in [0.15, 0.2) is 4.79 Å². The number of rotatable bonds is 1. The van der Waals surface area contributed by atoms with E-state index in [4.69, 9.17) is 5.73 Å². The molecule has 0 saturated heterocycles. The SMILES string of the molecule is CCc1c(C)nc2sc(N)nn2c1=O. The van der Waals surface area contributed by atoms with Crippen molar-refractivity contribution in [1.82, 2.24) is 14.6 Å². The first-order chi connectivity index (χ1) is 6.63. The van der Waals surface area contributed by atoms with Crippen LogP contribution in [0.25, 0.3) is 4.96 Å². The Morgan fingerprint density at radius 2 is 2.29 bits per heavy atom. The van der Waals surface area contributed by atoms with Gasteiger partial charge in [-0.3, -0.25) is 4.79 Å². The van der Waals surface area contributed by atoms with E-state index in [2.05, 4.69) is 10.1 Å². The maximum atomic E-state index is 11.8. The molecule has 2 rings (SSSR count). The zero-order valence-corrected chi connectivity index (χ0v) is 8.76. The Kier molecular flexibility index (Phi) is 1.99. The molecule has 14 heavy (non-hydrogen) atoms. The highest BCUT2D eigenvalue weighted by atomic mass is 32.1. The standard InChI is InChI=1S/C8H10N4OS/c1-3-5-4(2)10-8-12(6(5)13)11-7(9)14-8/h3H2,1-2H3,(H2,9,11). The molecule has 0 amide bonds. The summed E-state index contributed by atoms with van der Waals surface area (Å²) in [6, 6.07) is 0. The topological polar surface area (TPSA) is 73.3 Å². The third kappa shape index (κ3) is 1.19. The van der Waals surface area contributed by atoms with E-state index in [0.29, 0.717) is 22.1 Å². The Balaban J connectivity index is 2.92. The lowest BCUT2D eigenvalue weighted by molar-refractivity contribution is 0.857. The van der Waals surface area contributed by atoms with Crippen LogP contribution in [0.5, 0.6) is 0 Å². The predicted octanol–water partition coefficient (Wildman–Crippen LogP) is 0.604. The van der Waals surface area contributed by atoms with Crippen LogP contribution in [-0.2, 0) is 6.42 Å². The number of aromatic nitrogens is 3. The summed E-state index contributed by atoms with van der Waals surface area (Å²) < 4.78 is 1.27. The van der Waals surface area contributed by atoms with Crippen LogP contribution >= 0.6 is 11.3 Å². The first-order valence-electron chi connectivity index (χ1n) is 4.28. The number of anilines is 1. The molecule has 0 fully saturated rings. The highest BCUT2D eigenvalue weighted by Gasteiger charge is 2.10. The third-order valence-electron chi connectivity index (χ3n) is 2.08. The first-order valence-corrected chi connectivity index (χ1v) is 5.10. The van der Waals surface area contributed by atoms with E-state index in [1.165, 1.54) is 15.9 Å². The van der Waals surface area contributed by atoms with Crippen LogP contribution in [0.1, 0.15) is 18.2 Å². The van der Waals surface area contributed by atoms with Crippen LogP contribution < -0.4 is 11.3 Å². The van der Waals surface area contributed by atoms with E-state index in [0.717, 1.165) is 5.69 Å². The highest BCUT2D eigenvalue weighted by molar-refractivity contribution is 7.20. The number of aryl methyl sites for hydroxylation is 1. The van der Waals surface area contributed by atoms with Crippen molar-refractivity contribution in [2.24, 2.45) is 0 Å². The van der Waals surface area contributed by atoms with Crippen LogP contribution in [0.4, 0.5) is 5.13 Å². The minimum atomic E-state index is -0.108. The van der Waals surface area contributed by atoms with Crippen LogP contribution in [0.2, 0.25) is 0 Å². The van der Waals surface area contributed by atoms with Crippen LogP contribution in [0.3, 0.4) is 0 Å². The zero-order chi connectivity index (χ0) is 10.3.